The van der Waals surface area contributed by atoms with Gasteiger partial charge >= 0.3 is 0 Å². The Bertz CT molecular complexity index is 766. The van der Waals surface area contributed by atoms with Crippen molar-refractivity contribution in [3.8, 4) is 0 Å². The fourth-order valence-electron chi connectivity index (χ4n) is 2.10. The van der Waals surface area contributed by atoms with E-state index >= 15 is 0 Å². The summed E-state index contributed by atoms with van der Waals surface area (Å²) >= 11 is 9.29. The first-order valence-corrected chi connectivity index (χ1v) is 9.36. The smallest absolute Gasteiger partial charge is 0.208 e. The predicted octanol–water partition coefficient (Wildman–Crippen LogP) is 4.44. The van der Waals surface area contributed by atoms with Gasteiger partial charge in [-0.2, -0.15) is 0 Å². The molecule has 0 saturated heterocycles. The summed E-state index contributed by atoms with van der Waals surface area (Å²) < 4.78 is 0. The van der Waals surface area contributed by atoms with E-state index in [1.807, 2.05) is 37.5 Å². The zero-order chi connectivity index (χ0) is 16.2. The molecule has 0 bridgehead atoms. The molecule has 120 valence electrons. The molecule has 7 heteroatoms. The van der Waals surface area contributed by atoms with Crippen LogP contribution in [0.5, 0.6) is 0 Å². The second kappa shape index (κ2) is 7.38. The SMILES string of the molecule is CCc1cnc(CN(C)c2nnc(Cc3ccc(Cl)cc3)s2)s1. The highest BCUT2D eigenvalue weighted by molar-refractivity contribution is 7.15. The van der Waals surface area contributed by atoms with E-state index in [-0.39, 0.29) is 0 Å². The van der Waals surface area contributed by atoms with Crippen LogP contribution in [0.3, 0.4) is 0 Å². The van der Waals surface area contributed by atoms with Gasteiger partial charge < -0.3 is 4.90 Å². The van der Waals surface area contributed by atoms with Crippen LogP contribution in [-0.2, 0) is 19.4 Å². The maximum Gasteiger partial charge on any atom is 0.208 e. The Hall–Kier alpha value is -1.50. The molecular weight excluding hydrogens is 348 g/mol. The average molecular weight is 365 g/mol. The van der Waals surface area contributed by atoms with Crippen LogP contribution in [0.25, 0.3) is 0 Å². The molecule has 0 spiro atoms. The van der Waals surface area contributed by atoms with Crippen LogP contribution in [0.4, 0.5) is 5.13 Å². The number of benzene rings is 1. The second-order valence-corrected chi connectivity index (χ2v) is 7.89. The Morgan fingerprint density at radius 2 is 1.87 bits per heavy atom. The number of hydrogen-bond acceptors (Lipinski definition) is 6. The molecule has 0 aliphatic rings. The van der Waals surface area contributed by atoms with E-state index in [1.54, 1.807) is 22.7 Å². The third-order valence-corrected chi connectivity index (χ3v) is 5.79. The Morgan fingerprint density at radius 3 is 2.57 bits per heavy atom. The molecule has 0 amide bonds. The molecule has 0 unspecified atom stereocenters. The van der Waals surface area contributed by atoms with Crippen LogP contribution in [0.1, 0.15) is 27.4 Å². The van der Waals surface area contributed by atoms with Crippen LogP contribution < -0.4 is 4.90 Å². The summed E-state index contributed by atoms with van der Waals surface area (Å²) in [6, 6.07) is 7.85. The van der Waals surface area contributed by atoms with Gasteiger partial charge in [-0.3, -0.25) is 0 Å². The lowest BCUT2D eigenvalue weighted by Gasteiger charge is -2.12. The first-order valence-electron chi connectivity index (χ1n) is 7.35. The lowest BCUT2D eigenvalue weighted by atomic mass is 10.2. The summed E-state index contributed by atoms with van der Waals surface area (Å²) in [5.41, 5.74) is 1.19. The van der Waals surface area contributed by atoms with Gasteiger partial charge in [-0.1, -0.05) is 42.0 Å². The molecule has 0 radical (unpaired) electrons. The monoisotopic (exact) mass is 364 g/mol. The van der Waals surface area contributed by atoms with E-state index in [9.17, 15) is 0 Å². The predicted molar refractivity (Wildman–Crippen MR) is 97.8 cm³/mol. The van der Waals surface area contributed by atoms with Gasteiger partial charge in [0.25, 0.3) is 0 Å². The molecule has 0 atom stereocenters. The summed E-state index contributed by atoms with van der Waals surface area (Å²) in [6.45, 7) is 2.91. The zero-order valence-electron chi connectivity index (χ0n) is 13.0. The van der Waals surface area contributed by atoms with Crippen LogP contribution in [0.2, 0.25) is 5.02 Å². The molecule has 0 saturated carbocycles. The van der Waals surface area contributed by atoms with Crippen LogP contribution in [0, 0.1) is 0 Å². The minimum Gasteiger partial charge on any atom is -0.343 e. The van der Waals surface area contributed by atoms with Crippen molar-refractivity contribution in [2.45, 2.75) is 26.3 Å². The molecule has 2 aromatic heterocycles. The second-order valence-electron chi connectivity index (χ2n) is 5.21. The molecule has 2 heterocycles. The average Bonchev–Trinajstić information content (AvgIpc) is 3.19. The number of rotatable bonds is 6. The standard InChI is InChI=1S/C16H17ClN4S2/c1-3-13-9-18-15(22-13)10-21(2)16-20-19-14(23-16)8-11-4-6-12(17)7-5-11/h4-7,9H,3,8,10H2,1-2H3. The van der Waals surface area contributed by atoms with E-state index in [2.05, 4.69) is 27.0 Å². The molecule has 4 nitrogen and oxygen atoms in total. The van der Waals surface area contributed by atoms with Crippen LogP contribution in [0.15, 0.2) is 30.5 Å². The van der Waals surface area contributed by atoms with Gasteiger partial charge in [-0.25, -0.2) is 4.98 Å². The Morgan fingerprint density at radius 1 is 1.09 bits per heavy atom. The quantitative estimate of drug-likeness (QED) is 0.648. The highest BCUT2D eigenvalue weighted by Crippen LogP contribution is 2.24. The van der Waals surface area contributed by atoms with Crippen molar-refractivity contribution in [2.24, 2.45) is 0 Å². The molecular formula is C16H17ClN4S2. The van der Waals surface area contributed by atoms with Crippen molar-refractivity contribution >= 4 is 39.4 Å². The highest BCUT2D eigenvalue weighted by Gasteiger charge is 2.11. The summed E-state index contributed by atoms with van der Waals surface area (Å²) in [7, 11) is 2.03. The molecule has 0 N–H and O–H groups in total. The number of thiazole rings is 1. The Balaban J connectivity index is 1.64. The maximum atomic E-state index is 5.91. The molecule has 1 aromatic carbocycles. The maximum absolute atomic E-state index is 5.91. The minimum absolute atomic E-state index is 0.751. The molecule has 0 aliphatic heterocycles. The third kappa shape index (κ3) is 4.28. The van der Waals surface area contributed by atoms with Crippen molar-refractivity contribution in [3.05, 3.63) is 55.9 Å². The Labute approximate surface area is 148 Å². The van der Waals surface area contributed by atoms with Gasteiger partial charge in [0.05, 0.1) is 6.54 Å². The van der Waals surface area contributed by atoms with Gasteiger partial charge in [0.2, 0.25) is 5.13 Å². The zero-order valence-corrected chi connectivity index (χ0v) is 15.4. The number of halogens is 1. The van der Waals surface area contributed by atoms with E-state index in [0.29, 0.717) is 0 Å². The van der Waals surface area contributed by atoms with E-state index < -0.39 is 0 Å². The molecule has 3 aromatic rings. The van der Waals surface area contributed by atoms with Gasteiger partial charge in [-0.15, -0.1) is 21.5 Å². The summed E-state index contributed by atoms with van der Waals surface area (Å²) in [6.07, 6.45) is 3.77. The van der Waals surface area contributed by atoms with E-state index in [1.165, 1.54) is 10.4 Å². The first kappa shape index (κ1) is 16.4. The van der Waals surface area contributed by atoms with Crippen molar-refractivity contribution in [2.75, 3.05) is 11.9 Å². The fraction of sp³-hybridized carbons (Fsp3) is 0.312. The normalized spacial score (nSPS) is 10.9. The summed E-state index contributed by atoms with van der Waals surface area (Å²) in [4.78, 5) is 7.87. The van der Waals surface area contributed by atoms with Gasteiger partial charge in [0, 0.05) is 29.6 Å². The van der Waals surface area contributed by atoms with Crippen LogP contribution in [-0.4, -0.2) is 22.2 Å². The molecule has 3 rings (SSSR count). The minimum atomic E-state index is 0.751. The fourth-order valence-corrected chi connectivity index (χ4v) is 3.98. The number of anilines is 1. The number of aryl methyl sites for hydroxylation is 1. The first-order chi connectivity index (χ1) is 11.1. The molecule has 23 heavy (non-hydrogen) atoms. The van der Waals surface area contributed by atoms with Crippen molar-refractivity contribution in [3.63, 3.8) is 0 Å². The van der Waals surface area contributed by atoms with E-state index in [4.69, 9.17) is 11.6 Å². The third-order valence-electron chi connectivity index (χ3n) is 3.37. The van der Waals surface area contributed by atoms with Gasteiger partial charge in [0.1, 0.15) is 10.0 Å². The van der Waals surface area contributed by atoms with Crippen molar-refractivity contribution in [1.82, 2.24) is 15.2 Å². The van der Waals surface area contributed by atoms with Crippen molar-refractivity contribution < 1.29 is 0 Å². The molecule has 0 fully saturated rings. The summed E-state index contributed by atoms with van der Waals surface area (Å²) in [5.74, 6) is 0. The highest BCUT2D eigenvalue weighted by atomic mass is 35.5. The molecule has 0 aliphatic carbocycles. The van der Waals surface area contributed by atoms with Gasteiger partial charge in [0.15, 0.2) is 0 Å². The summed E-state index contributed by atoms with van der Waals surface area (Å²) in [5, 5.41) is 12.4. The Kier molecular flexibility index (Phi) is 5.25. The topological polar surface area (TPSA) is 41.9 Å². The number of hydrogen-bond donors (Lipinski definition) is 0. The van der Waals surface area contributed by atoms with Crippen molar-refractivity contribution in [1.29, 1.82) is 0 Å². The lowest BCUT2D eigenvalue weighted by Crippen LogP contribution is -2.15. The van der Waals surface area contributed by atoms with E-state index in [0.717, 1.165) is 39.6 Å². The lowest BCUT2D eigenvalue weighted by molar-refractivity contribution is 0.878. The number of nitrogens with zero attached hydrogens (tertiary/aromatic N) is 4. The largest absolute Gasteiger partial charge is 0.343 e. The number of aromatic nitrogens is 3. The van der Waals surface area contributed by atoms with Gasteiger partial charge in [-0.05, 0) is 24.1 Å². The van der Waals surface area contributed by atoms with Crippen LogP contribution >= 0.6 is 34.3 Å².